The number of hydrogen-bond acceptors (Lipinski definition) is 4. The molecule has 0 bridgehead atoms. The van der Waals surface area contributed by atoms with Crippen molar-refractivity contribution in [2.45, 2.75) is 104 Å². The first-order valence-electron chi connectivity index (χ1n) is 12.4. The Balaban J connectivity index is 1.61. The van der Waals surface area contributed by atoms with E-state index in [4.69, 9.17) is 9.15 Å². The van der Waals surface area contributed by atoms with E-state index >= 15 is 0 Å². The van der Waals surface area contributed by atoms with Gasteiger partial charge in [0.1, 0.15) is 6.10 Å². The molecule has 0 saturated heterocycles. The summed E-state index contributed by atoms with van der Waals surface area (Å²) in [7, 11) is 0. The lowest BCUT2D eigenvalue weighted by atomic mass is 9.35. The van der Waals surface area contributed by atoms with Crippen molar-refractivity contribution < 1.29 is 19.1 Å². The minimum Gasteiger partial charge on any atom is -0.472 e. The minimum absolute atomic E-state index is 0.111. The van der Waals surface area contributed by atoms with Gasteiger partial charge >= 0.3 is 5.97 Å². The van der Waals surface area contributed by atoms with Crippen molar-refractivity contribution >= 4 is 5.97 Å². The van der Waals surface area contributed by atoms with Gasteiger partial charge in [-0.05, 0) is 72.5 Å². The molecule has 31 heavy (non-hydrogen) atoms. The summed E-state index contributed by atoms with van der Waals surface area (Å²) < 4.78 is 11.5. The fourth-order valence-electron chi connectivity index (χ4n) is 9.56. The number of carbonyl (C=O) groups excluding carboxylic acids is 1. The zero-order chi connectivity index (χ0) is 22.4. The quantitative estimate of drug-likeness (QED) is 0.543. The van der Waals surface area contributed by atoms with Crippen molar-refractivity contribution in [1.82, 2.24) is 0 Å². The molecule has 5 rings (SSSR count). The van der Waals surface area contributed by atoms with Gasteiger partial charge < -0.3 is 14.3 Å². The highest BCUT2D eigenvalue weighted by Gasteiger charge is 2.68. The van der Waals surface area contributed by atoms with Gasteiger partial charge in [-0.15, -0.1) is 0 Å². The van der Waals surface area contributed by atoms with E-state index in [-0.39, 0.29) is 34.2 Å². The molecule has 1 aromatic heterocycles. The minimum atomic E-state index is -0.411. The second-order valence-electron chi connectivity index (χ2n) is 12.7. The van der Waals surface area contributed by atoms with Crippen LogP contribution in [-0.4, -0.2) is 17.2 Å². The maximum Gasteiger partial charge on any atom is 0.303 e. The molecule has 0 spiro atoms. The summed E-state index contributed by atoms with van der Waals surface area (Å²) in [6.07, 6.45) is 10.8. The van der Waals surface area contributed by atoms with Gasteiger partial charge in [0, 0.05) is 23.5 Å². The maximum atomic E-state index is 11.9. The molecule has 4 heteroatoms. The van der Waals surface area contributed by atoms with Crippen LogP contribution in [0.1, 0.15) is 104 Å². The molecular formula is C27H40O4. The van der Waals surface area contributed by atoms with Gasteiger partial charge in [0.2, 0.25) is 0 Å². The zero-order valence-electron chi connectivity index (χ0n) is 20.2. The highest BCUT2D eigenvalue weighted by atomic mass is 16.5. The highest BCUT2D eigenvalue weighted by molar-refractivity contribution is 5.66. The van der Waals surface area contributed by atoms with E-state index < -0.39 is 6.10 Å². The van der Waals surface area contributed by atoms with Gasteiger partial charge in [-0.1, -0.05) is 41.0 Å². The molecule has 0 unspecified atom stereocenters. The van der Waals surface area contributed by atoms with Crippen LogP contribution in [0, 0.1) is 34.0 Å². The highest BCUT2D eigenvalue weighted by Crippen LogP contribution is 2.72. The Kier molecular flexibility index (Phi) is 4.60. The van der Waals surface area contributed by atoms with Crippen LogP contribution in [0.2, 0.25) is 0 Å². The number of rotatable bonds is 1. The summed E-state index contributed by atoms with van der Waals surface area (Å²) in [4.78, 5) is 11.9. The topological polar surface area (TPSA) is 59.7 Å². The number of esters is 1. The summed E-state index contributed by atoms with van der Waals surface area (Å²) >= 11 is 0. The van der Waals surface area contributed by atoms with Crippen LogP contribution in [0.4, 0.5) is 0 Å². The first-order valence-corrected chi connectivity index (χ1v) is 12.4. The second-order valence-corrected chi connectivity index (χ2v) is 12.7. The lowest BCUT2D eigenvalue weighted by molar-refractivity contribution is -0.214. The number of furan rings is 1. The van der Waals surface area contributed by atoms with Crippen LogP contribution in [0.5, 0.6) is 0 Å². The monoisotopic (exact) mass is 428 g/mol. The third kappa shape index (κ3) is 2.72. The Labute approximate surface area is 187 Å². The van der Waals surface area contributed by atoms with E-state index in [2.05, 4.69) is 34.6 Å². The summed E-state index contributed by atoms with van der Waals surface area (Å²) in [6.45, 7) is 13.7. The standard InChI is InChI=1S/C27H40O4/c1-16(28)31-19-12-22-26(5)11-8-20-24(2,3)9-7-10-25(20,4)21(26)13-23(29)27(22,6)18-15-30-14-17(18)19/h14-15,19-23,29H,7-13H2,1-6H3/t19-,20-,21+,22-,23+,25-,26+,27+/m0/s1. The fourth-order valence-corrected chi connectivity index (χ4v) is 9.56. The van der Waals surface area contributed by atoms with Crippen molar-refractivity contribution in [3.63, 3.8) is 0 Å². The molecule has 0 radical (unpaired) electrons. The molecule has 8 atom stereocenters. The lowest BCUT2D eigenvalue weighted by Gasteiger charge is -2.70. The third-order valence-electron chi connectivity index (χ3n) is 10.9. The molecule has 3 saturated carbocycles. The lowest BCUT2D eigenvalue weighted by Crippen LogP contribution is -2.66. The molecule has 1 aromatic rings. The smallest absolute Gasteiger partial charge is 0.303 e. The summed E-state index contributed by atoms with van der Waals surface area (Å²) in [6, 6.07) is 0. The molecule has 3 fully saturated rings. The van der Waals surface area contributed by atoms with E-state index in [9.17, 15) is 9.90 Å². The maximum absolute atomic E-state index is 11.9. The van der Waals surface area contributed by atoms with Crippen molar-refractivity contribution in [1.29, 1.82) is 0 Å². The number of ether oxygens (including phenoxy) is 1. The Bertz CT molecular complexity index is 886. The fraction of sp³-hybridized carbons (Fsp3) is 0.815. The van der Waals surface area contributed by atoms with E-state index in [1.165, 1.54) is 39.0 Å². The van der Waals surface area contributed by atoms with E-state index in [1.807, 2.05) is 6.26 Å². The van der Waals surface area contributed by atoms with Gasteiger partial charge in [0.05, 0.1) is 18.6 Å². The van der Waals surface area contributed by atoms with Gasteiger partial charge in [-0.3, -0.25) is 4.79 Å². The second kappa shape index (κ2) is 6.62. The van der Waals surface area contributed by atoms with E-state index in [0.29, 0.717) is 17.3 Å². The van der Waals surface area contributed by atoms with Gasteiger partial charge in [0.15, 0.2) is 0 Å². The number of aliphatic hydroxyl groups is 1. The first-order chi connectivity index (χ1) is 14.4. The van der Waals surface area contributed by atoms with Crippen molar-refractivity contribution in [3.05, 3.63) is 23.7 Å². The molecule has 4 aliphatic rings. The SMILES string of the molecule is CC(=O)O[C@H]1C[C@H]2[C@]3(C)CC[C@H]4C(C)(C)CCC[C@]4(C)[C@H]3C[C@@H](O)[C@]2(C)c2cocc21. The molecule has 4 aliphatic carbocycles. The Morgan fingerprint density at radius 3 is 2.42 bits per heavy atom. The Hall–Kier alpha value is -1.29. The Morgan fingerprint density at radius 1 is 1.00 bits per heavy atom. The van der Waals surface area contributed by atoms with Crippen LogP contribution in [0.15, 0.2) is 16.9 Å². The molecule has 0 amide bonds. The molecule has 0 aromatic carbocycles. The van der Waals surface area contributed by atoms with E-state index in [0.717, 1.165) is 24.0 Å². The summed E-state index contributed by atoms with van der Waals surface area (Å²) in [5.74, 6) is 1.20. The summed E-state index contributed by atoms with van der Waals surface area (Å²) in [5.41, 5.74) is 2.37. The van der Waals surface area contributed by atoms with Gasteiger partial charge in [0.25, 0.3) is 0 Å². The molecule has 1 N–H and O–H groups in total. The number of hydrogen-bond donors (Lipinski definition) is 1. The van der Waals surface area contributed by atoms with E-state index in [1.54, 1.807) is 6.26 Å². The average molecular weight is 429 g/mol. The molecule has 4 nitrogen and oxygen atoms in total. The predicted octanol–water partition coefficient (Wildman–Crippen LogP) is 6.17. The molecule has 0 aliphatic heterocycles. The van der Waals surface area contributed by atoms with Crippen molar-refractivity contribution in [3.8, 4) is 0 Å². The number of carbonyl (C=O) groups is 1. The van der Waals surface area contributed by atoms with Crippen molar-refractivity contribution in [2.24, 2.45) is 34.0 Å². The summed E-state index contributed by atoms with van der Waals surface area (Å²) in [5, 5.41) is 11.7. The molecule has 172 valence electrons. The van der Waals surface area contributed by atoms with Crippen LogP contribution in [-0.2, 0) is 14.9 Å². The van der Waals surface area contributed by atoms with Gasteiger partial charge in [-0.2, -0.15) is 0 Å². The zero-order valence-corrected chi connectivity index (χ0v) is 20.2. The number of fused-ring (bicyclic) bond motifs is 7. The predicted molar refractivity (Wildman–Crippen MR) is 119 cm³/mol. The molecular weight excluding hydrogens is 388 g/mol. The normalized spacial score (nSPS) is 48.0. The van der Waals surface area contributed by atoms with Crippen LogP contribution < -0.4 is 0 Å². The largest absolute Gasteiger partial charge is 0.472 e. The number of aliphatic hydroxyl groups excluding tert-OH is 1. The third-order valence-corrected chi connectivity index (χ3v) is 10.9. The van der Waals surface area contributed by atoms with Crippen LogP contribution >= 0.6 is 0 Å². The van der Waals surface area contributed by atoms with Crippen molar-refractivity contribution in [2.75, 3.05) is 0 Å². The Morgan fingerprint density at radius 2 is 1.71 bits per heavy atom. The van der Waals surface area contributed by atoms with Crippen LogP contribution in [0.3, 0.4) is 0 Å². The van der Waals surface area contributed by atoms with Crippen LogP contribution in [0.25, 0.3) is 0 Å². The first kappa shape index (κ1) is 21.6. The molecule has 1 heterocycles. The van der Waals surface area contributed by atoms with Gasteiger partial charge in [-0.25, -0.2) is 0 Å². The average Bonchev–Trinajstić information content (AvgIpc) is 3.16.